The molecular formula is C14H15N. The maximum Gasteiger partial charge on any atom is 0.0991 e. The van der Waals surface area contributed by atoms with E-state index in [2.05, 4.69) is 18.2 Å². The summed E-state index contributed by atoms with van der Waals surface area (Å²) in [5.74, 6) is 2.72. The van der Waals surface area contributed by atoms with Gasteiger partial charge in [-0.3, -0.25) is 0 Å². The van der Waals surface area contributed by atoms with Crippen LogP contribution in [0.25, 0.3) is 0 Å². The fourth-order valence-corrected chi connectivity index (χ4v) is 3.46. The molecule has 1 nitrogen and oxygen atoms in total. The van der Waals surface area contributed by atoms with Gasteiger partial charge in [0.05, 0.1) is 11.6 Å². The number of rotatable bonds is 1. The van der Waals surface area contributed by atoms with Crippen molar-refractivity contribution in [1.29, 1.82) is 5.26 Å². The number of benzene rings is 1. The molecule has 1 aromatic carbocycles. The van der Waals surface area contributed by atoms with Crippen molar-refractivity contribution in [3.63, 3.8) is 0 Å². The van der Waals surface area contributed by atoms with Crippen molar-refractivity contribution in [3.8, 4) is 6.07 Å². The first kappa shape index (κ1) is 8.97. The van der Waals surface area contributed by atoms with Gasteiger partial charge in [0.1, 0.15) is 0 Å². The first-order valence-corrected chi connectivity index (χ1v) is 5.87. The molecule has 15 heavy (non-hydrogen) atoms. The first-order chi connectivity index (χ1) is 7.36. The van der Waals surface area contributed by atoms with E-state index in [-0.39, 0.29) is 0 Å². The summed E-state index contributed by atoms with van der Waals surface area (Å²) >= 11 is 0. The second-order valence-corrected chi connectivity index (χ2v) is 5.02. The van der Waals surface area contributed by atoms with E-state index in [0.717, 1.165) is 23.3 Å². The molecule has 1 heteroatoms. The summed E-state index contributed by atoms with van der Waals surface area (Å²) in [6.07, 6.45) is 5.72. The van der Waals surface area contributed by atoms with Crippen molar-refractivity contribution < 1.29 is 0 Å². The van der Waals surface area contributed by atoms with Gasteiger partial charge in [-0.2, -0.15) is 5.26 Å². The zero-order valence-corrected chi connectivity index (χ0v) is 8.82. The average molecular weight is 197 g/mol. The van der Waals surface area contributed by atoms with Gasteiger partial charge in [0, 0.05) is 0 Å². The third-order valence-corrected chi connectivity index (χ3v) is 4.21. The van der Waals surface area contributed by atoms with Crippen LogP contribution in [0.3, 0.4) is 0 Å². The van der Waals surface area contributed by atoms with E-state index in [1.165, 1.54) is 31.2 Å². The summed E-state index contributed by atoms with van der Waals surface area (Å²) in [5, 5.41) is 8.75. The van der Waals surface area contributed by atoms with Crippen molar-refractivity contribution in [2.24, 2.45) is 11.8 Å². The molecule has 0 aromatic heterocycles. The molecule has 0 unspecified atom stereocenters. The van der Waals surface area contributed by atoms with Gasteiger partial charge in [-0.05, 0) is 54.7 Å². The molecular weight excluding hydrogens is 182 g/mol. The summed E-state index contributed by atoms with van der Waals surface area (Å²) in [6, 6.07) is 10.4. The average Bonchev–Trinajstić information content (AvgIpc) is 2.91. The van der Waals surface area contributed by atoms with Crippen molar-refractivity contribution in [3.05, 3.63) is 35.4 Å². The van der Waals surface area contributed by atoms with E-state index in [9.17, 15) is 0 Å². The molecule has 3 rings (SSSR count). The molecule has 2 aliphatic rings. The molecule has 2 fully saturated rings. The number of nitrogens with zero attached hydrogens (tertiary/aromatic N) is 1. The SMILES string of the molecule is N#Cc1ccc([C@@H]2C[C@@H]3CC[C@@H]2C3)cc1. The Kier molecular flexibility index (Phi) is 2.02. The molecule has 1 aromatic rings. The lowest BCUT2D eigenvalue weighted by Gasteiger charge is -2.21. The molecule has 0 aliphatic heterocycles. The Morgan fingerprint density at radius 3 is 2.40 bits per heavy atom. The Labute approximate surface area is 90.7 Å². The maximum atomic E-state index is 8.75. The standard InChI is InChI=1S/C14H15N/c15-9-10-1-4-12(5-2-10)14-8-11-3-6-13(14)7-11/h1-2,4-5,11,13-14H,3,6-8H2/t11-,13-,14+/m1/s1. The minimum Gasteiger partial charge on any atom is -0.192 e. The molecule has 0 amide bonds. The summed E-state index contributed by atoms with van der Waals surface area (Å²) < 4.78 is 0. The van der Waals surface area contributed by atoms with Crippen molar-refractivity contribution in [1.82, 2.24) is 0 Å². The Hall–Kier alpha value is -1.29. The van der Waals surface area contributed by atoms with Crippen LogP contribution in [-0.2, 0) is 0 Å². The number of hydrogen-bond donors (Lipinski definition) is 0. The van der Waals surface area contributed by atoms with E-state index in [1.807, 2.05) is 12.1 Å². The molecule has 0 N–H and O–H groups in total. The van der Waals surface area contributed by atoms with Crippen LogP contribution in [0.1, 0.15) is 42.7 Å². The highest BCUT2D eigenvalue weighted by Gasteiger charge is 2.39. The van der Waals surface area contributed by atoms with Gasteiger partial charge in [0.15, 0.2) is 0 Å². The normalized spacial score (nSPS) is 32.9. The predicted octanol–water partition coefficient (Wildman–Crippen LogP) is 3.46. The highest BCUT2D eigenvalue weighted by atomic mass is 14.4. The fourth-order valence-electron chi connectivity index (χ4n) is 3.46. The van der Waals surface area contributed by atoms with E-state index >= 15 is 0 Å². The molecule has 3 atom stereocenters. The zero-order valence-electron chi connectivity index (χ0n) is 8.82. The maximum absolute atomic E-state index is 8.75. The molecule has 0 heterocycles. The largest absolute Gasteiger partial charge is 0.192 e. The minimum atomic E-state index is 0.780. The summed E-state index contributed by atoms with van der Waals surface area (Å²) in [7, 11) is 0. The second-order valence-electron chi connectivity index (χ2n) is 5.02. The Bertz CT molecular complexity index is 398. The highest BCUT2D eigenvalue weighted by molar-refractivity contribution is 5.34. The monoisotopic (exact) mass is 197 g/mol. The molecule has 0 saturated heterocycles. The quantitative estimate of drug-likeness (QED) is 0.676. The van der Waals surface area contributed by atoms with E-state index in [0.29, 0.717) is 0 Å². The van der Waals surface area contributed by atoms with E-state index in [1.54, 1.807) is 0 Å². The molecule has 2 aliphatic carbocycles. The third-order valence-electron chi connectivity index (χ3n) is 4.21. The van der Waals surface area contributed by atoms with Crippen molar-refractivity contribution in [2.45, 2.75) is 31.6 Å². The fraction of sp³-hybridized carbons (Fsp3) is 0.500. The van der Waals surface area contributed by atoms with Crippen LogP contribution >= 0.6 is 0 Å². The lowest BCUT2D eigenvalue weighted by atomic mass is 9.83. The third kappa shape index (κ3) is 1.45. The minimum absolute atomic E-state index is 0.780. The van der Waals surface area contributed by atoms with Gasteiger partial charge in [-0.25, -0.2) is 0 Å². The van der Waals surface area contributed by atoms with Gasteiger partial charge < -0.3 is 0 Å². The molecule has 2 bridgehead atoms. The molecule has 0 spiro atoms. The van der Waals surface area contributed by atoms with Crippen LogP contribution in [0.4, 0.5) is 0 Å². The summed E-state index contributed by atoms with van der Waals surface area (Å²) in [4.78, 5) is 0. The second kappa shape index (κ2) is 3.38. The molecule has 2 saturated carbocycles. The number of nitriles is 1. The lowest BCUT2D eigenvalue weighted by molar-refractivity contribution is 0.420. The van der Waals surface area contributed by atoms with Gasteiger partial charge in [-0.1, -0.05) is 18.6 Å². The van der Waals surface area contributed by atoms with Gasteiger partial charge in [0.25, 0.3) is 0 Å². The summed E-state index contributed by atoms with van der Waals surface area (Å²) in [6.45, 7) is 0. The van der Waals surface area contributed by atoms with Crippen molar-refractivity contribution >= 4 is 0 Å². The molecule has 0 radical (unpaired) electrons. The van der Waals surface area contributed by atoms with Gasteiger partial charge in [0.2, 0.25) is 0 Å². The van der Waals surface area contributed by atoms with Crippen LogP contribution in [-0.4, -0.2) is 0 Å². The Morgan fingerprint density at radius 2 is 1.87 bits per heavy atom. The van der Waals surface area contributed by atoms with E-state index in [4.69, 9.17) is 5.26 Å². The van der Waals surface area contributed by atoms with E-state index < -0.39 is 0 Å². The smallest absolute Gasteiger partial charge is 0.0991 e. The lowest BCUT2D eigenvalue weighted by Crippen LogP contribution is -2.08. The Morgan fingerprint density at radius 1 is 1.07 bits per heavy atom. The zero-order chi connectivity index (χ0) is 10.3. The predicted molar refractivity (Wildman–Crippen MR) is 59.3 cm³/mol. The number of fused-ring (bicyclic) bond motifs is 2. The van der Waals surface area contributed by atoms with Crippen LogP contribution in [0.5, 0.6) is 0 Å². The number of hydrogen-bond acceptors (Lipinski definition) is 1. The van der Waals surface area contributed by atoms with Gasteiger partial charge in [-0.15, -0.1) is 0 Å². The topological polar surface area (TPSA) is 23.8 Å². The van der Waals surface area contributed by atoms with Gasteiger partial charge >= 0.3 is 0 Å². The first-order valence-electron chi connectivity index (χ1n) is 5.87. The summed E-state index contributed by atoms with van der Waals surface area (Å²) in [5.41, 5.74) is 2.24. The van der Waals surface area contributed by atoms with Crippen LogP contribution in [0.15, 0.2) is 24.3 Å². The molecule has 76 valence electrons. The Balaban J connectivity index is 1.85. The van der Waals surface area contributed by atoms with Crippen LogP contribution in [0.2, 0.25) is 0 Å². The van der Waals surface area contributed by atoms with Crippen LogP contribution < -0.4 is 0 Å². The van der Waals surface area contributed by atoms with Crippen LogP contribution in [0, 0.1) is 23.2 Å². The highest BCUT2D eigenvalue weighted by Crippen LogP contribution is 2.52. The van der Waals surface area contributed by atoms with Crippen molar-refractivity contribution in [2.75, 3.05) is 0 Å².